The molecule has 0 heterocycles. The van der Waals surface area contributed by atoms with Crippen molar-refractivity contribution >= 4 is 11.9 Å². The third-order valence-electron chi connectivity index (χ3n) is 1.17. The molecule has 0 amide bonds. The summed E-state index contributed by atoms with van der Waals surface area (Å²) in [6.07, 6.45) is 2.97. The lowest BCUT2D eigenvalue weighted by Crippen LogP contribution is -1.82. The molecule has 0 saturated carbocycles. The summed E-state index contributed by atoms with van der Waals surface area (Å²) in [7, 11) is 0. The van der Waals surface area contributed by atoms with Gasteiger partial charge in [-0.1, -0.05) is 40.3 Å². The molecule has 0 aromatic carbocycles. The number of aliphatic carboxylic acids is 2. The summed E-state index contributed by atoms with van der Waals surface area (Å²) in [5.41, 5.74) is 0. The van der Waals surface area contributed by atoms with E-state index >= 15 is 0 Å². The molecule has 0 spiro atoms. The molecule has 15 heavy (non-hydrogen) atoms. The van der Waals surface area contributed by atoms with Crippen LogP contribution in [0.4, 0.5) is 0 Å². The van der Waals surface area contributed by atoms with Crippen LogP contribution in [0.2, 0.25) is 0 Å². The molecule has 4 nitrogen and oxygen atoms in total. The van der Waals surface area contributed by atoms with Gasteiger partial charge < -0.3 is 10.2 Å². The van der Waals surface area contributed by atoms with Crippen LogP contribution in [0.3, 0.4) is 0 Å². The van der Waals surface area contributed by atoms with E-state index in [1.54, 1.807) is 0 Å². The largest absolute Gasteiger partial charge is 0.478 e. The highest BCUT2D eigenvalue weighted by molar-refractivity contribution is 5.79. The van der Waals surface area contributed by atoms with Crippen molar-refractivity contribution in [1.29, 1.82) is 0 Å². The van der Waals surface area contributed by atoms with E-state index < -0.39 is 11.9 Å². The summed E-state index contributed by atoms with van der Waals surface area (Å²) in [5.74, 6) is -1.08. The summed E-state index contributed by atoms with van der Waals surface area (Å²) >= 11 is 0. The van der Waals surface area contributed by atoms with Crippen molar-refractivity contribution < 1.29 is 19.8 Å². The van der Waals surface area contributed by atoms with E-state index in [2.05, 4.69) is 33.9 Å². The predicted molar refractivity (Wildman–Crippen MR) is 60.8 cm³/mol. The van der Waals surface area contributed by atoms with Crippen LogP contribution in [0.5, 0.6) is 0 Å². The van der Waals surface area contributed by atoms with E-state index in [0.29, 0.717) is 0 Å². The van der Waals surface area contributed by atoms with Crippen molar-refractivity contribution in [3.63, 3.8) is 0 Å². The molecule has 0 unspecified atom stereocenters. The monoisotopic (exact) mass is 216 g/mol. The number of carbonyl (C=O) groups is 2. The van der Waals surface area contributed by atoms with Gasteiger partial charge >= 0.3 is 11.9 Å². The van der Waals surface area contributed by atoms with Gasteiger partial charge in [0.25, 0.3) is 0 Å². The zero-order valence-corrected chi connectivity index (χ0v) is 9.56. The molecule has 0 aliphatic rings. The Bertz CT molecular complexity index is 177. The van der Waals surface area contributed by atoms with Crippen LogP contribution in [0.15, 0.2) is 25.3 Å². The van der Waals surface area contributed by atoms with E-state index in [1.807, 2.05) is 0 Å². The Morgan fingerprint density at radius 2 is 1.27 bits per heavy atom. The summed E-state index contributed by atoms with van der Waals surface area (Å²) in [4.78, 5) is 18.5. The molecule has 0 rings (SSSR count). The van der Waals surface area contributed by atoms with Crippen molar-refractivity contribution in [2.45, 2.75) is 27.2 Å². The summed E-state index contributed by atoms with van der Waals surface area (Å²) < 4.78 is 0. The van der Waals surface area contributed by atoms with E-state index in [1.165, 1.54) is 6.42 Å². The van der Waals surface area contributed by atoms with Gasteiger partial charge in [-0.05, 0) is 5.92 Å². The predicted octanol–water partition coefficient (Wildman–Crippen LogP) is 2.57. The van der Waals surface area contributed by atoms with Gasteiger partial charge in [0.2, 0.25) is 0 Å². The van der Waals surface area contributed by atoms with Gasteiger partial charge in [0.15, 0.2) is 0 Å². The maximum absolute atomic E-state index is 9.25. The number of carboxylic acids is 2. The zero-order chi connectivity index (χ0) is 12.9. The Morgan fingerprint density at radius 3 is 1.27 bits per heavy atom. The van der Waals surface area contributed by atoms with Crippen molar-refractivity contribution in [1.82, 2.24) is 0 Å². The summed E-state index contributed by atoms with van der Waals surface area (Å²) in [6.45, 7) is 12.6. The van der Waals surface area contributed by atoms with Crippen LogP contribution in [-0.2, 0) is 9.59 Å². The highest BCUT2D eigenvalue weighted by Crippen LogP contribution is 1.93. The van der Waals surface area contributed by atoms with E-state index in [4.69, 9.17) is 10.2 Å². The van der Waals surface area contributed by atoms with Gasteiger partial charge in [-0.15, -0.1) is 0 Å². The molecule has 0 atom stereocenters. The Balaban J connectivity index is -0.000000144. The molecule has 88 valence electrons. The van der Waals surface area contributed by atoms with E-state index in [9.17, 15) is 9.59 Å². The van der Waals surface area contributed by atoms with Gasteiger partial charge in [-0.25, -0.2) is 9.59 Å². The first-order valence-corrected chi connectivity index (χ1v) is 4.52. The Morgan fingerprint density at radius 1 is 1.13 bits per heavy atom. The van der Waals surface area contributed by atoms with E-state index in [0.717, 1.165) is 18.1 Å². The molecule has 0 aliphatic carbocycles. The average molecular weight is 216 g/mol. The first-order chi connectivity index (χ1) is 6.81. The molecular weight excluding hydrogens is 196 g/mol. The topological polar surface area (TPSA) is 74.6 Å². The van der Waals surface area contributed by atoms with Crippen molar-refractivity contribution in [2.24, 2.45) is 5.92 Å². The average Bonchev–Trinajstić information content (AvgIpc) is 2.19. The first kappa shape index (κ1) is 19.1. The van der Waals surface area contributed by atoms with Crippen LogP contribution in [0.25, 0.3) is 0 Å². The normalized spacial score (nSPS) is 7.47. The number of hydrogen-bond donors (Lipinski definition) is 2. The van der Waals surface area contributed by atoms with Gasteiger partial charge in [0, 0.05) is 12.2 Å². The molecule has 0 bridgehead atoms. The van der Waals surface area contributed by atoms with Crippen LogP contribution < -0.4 is 0 Å². The minimum atomic E-state index is -0.981. The SMILES string of the molecule is C=CC(=O)O.C=CC(=O)O.CCC(C)C. The maximum atomic E-state index is 9.25. The quantitative estimate of drug-likeness (QED) is 0.711. The minimum Gasteiger partial charge on any atom is -0.478 e. The fraction of sp³-hybridized carbons (Fsp3) is 0.455. The standard InChI is InChI=1S/C5H12.2C3H4O2/c1-4-5(2)3;2*1-2-3(4)5/h5H,4H2,1-3H3;2*2H,1H2,(H,4,5). The highest BCUT2D eigenvalue weighted by Gasteiger charge is 1.80. The fourth-order valence-electron chi connectivity index (χ4n) is 0. The van der Waals surface area contributed by atoms with Crippen LogP contribution in [0.1, 0.15) is 27.2 Å². The molecule has 4 heteroatoms. The lowest BCUT2D eigenvalue weighted by atomic mass is 10.2. The first-order valence-electron chi connectivity index (χ1n) is 4.52. The molecule has 0 radical (unpaired) electrons. The third-order valence-corrected chi connectivity index (χ3v) is 1.17. The van der Waals surface area contributed by atoms with Crippen molar-refractivity contribution in [2.75, 3.05) is 0 Å². The van der Waals surface area contributed by atoms with Crippen LogP contribution >= 0.6 is 0 Å². The zero-order valence-electron chi connectivity index (χ0n) is 9.56. The Labute approximate surface area is 90.9 Å². The number of rotatable bonds is 3. The number of carboxylic acid groups (broad SMARTS) is 2. The summed E-state index contributed by atoms with van der Waals surface area (Å²) in [6, 6.07) is 0. The third kappa shape index (κ3) is 69.0. The minimum absolute atomic E-state index is 0.833. The fourth-order valence-corrected chi connectivity index (χ4v) is 0. The smallest absolute Gasteiger partial charge is 0.327 e. The number of hydrogen-bond acceptors (Lipinski definition) is 2. The second kappa shape index (κ2) is 14.9. The van der Waals surface area contributed by atoms with Gasteiger partial charge in [-0.3, -0.25) is 0 Å². The maximum Gasteiger partial charge on any atom is 0.327 e. The molecule has 2 N–H and O–H groups in total. The van der Waals surface area contributed by atoms with Crippen molar-refractivity contribution in [3.8, 4) is 0 Å². The van der Waals surface area contributed by atoms with Gasteiger partial charge in [0.05, 0.1) is 0 Å². The lowest BCUT2D eigenvalue weighted by molar-refractivity contribution is -0.132. The van der Waals surface area contributed by atoms with Crippen LogP contribution in [-0.4, -0.2) is 22.2 Å². The Kier molecular flexibility index (Phi) is 19.0. The molecule has 0 saturated heterocycles. The molecule has 0 aliphatic heterocycles. The second-order valence-corrected chi connectivity index (χ2v) is 2.89. The highest BCUT2D eigenvalue weighted by atomic mass is 16.4. The second-order valence-electron chi connectivity index (χ2n) is 2.89. The molecule has 0 aromatic heterocycles. The van der Waals surface area contributed by atoms with Gasteiger partial charge in [0.1, 0.15) is 0 Å². The molecule has 0 aromatic rings. The lowest BCUT2D eigenvalue weighted by Gasteiger charge is -1.90. The van der Waals surface area contributed by atoms with Crippen molar-refractivity contribution in [3.05, 3.63) is 25.3 Å². The van der Waals surface area contributed by atoms with E-state index in [-0.39, 0.29) is 0 Å². The van der Waals surface area contributed by atoms with Crippen LogP contribution in [0, 0.1) is 5.92 Å². The molecule has 0 fully saturated rings. The summed E-state index contributed by atoms with van der Waals surface area (Å²) in [5, 5.41) is 15.2. The van der Waals surface area contributed by atoms with Gasteiger partial charge in [-0.2, -0.15) is 0 Å². The Hall–Kier alpha value is -1.58. The molecular formula is C11H20O4.